The van der Waals surface area contributed by atoms with E-state index in [1.807, 2.05) is 6.07 Å². The fourth-order valence-corrected chi connectivity index (χ4v) is 6.72. The van der Waals surface area contributed by atoms with Gasteiger partial charge in [0.25, 0.3) is 0 Å². The lowest BCUT2D eigenvalue weighted by molar-refractivity contribution is -0.139. The lowest BCUT2D eigenvalue weighted by Gasteiger charge is -2.38. The number of hydrogen-bond acceptors (Lipinski definition) is 6. The zero-order chi connectivity index (χ0) is 24.0. The molecule has 3 fully saturated rings. The van der Waals surface area contributed by atoms with Crippen LogP contribution in [-0.2, 0) is 4.79 Å². The van der Waals surface area contributed by atoms with Crippen LogP contribution in [0, 0.1) is 11.8 Å². The number of anilines is 1. The second-order valence-electron chi connectivity index (χ2n) is 10.7. The first kappa shape index (κ1) is 24.2. The summed E-state index contributed by atoms with van der Waals surface area (Å²) in [7, 11) is 0. The van der Waals surface area contributed by atoms with Crippen molar-refractivity contribution in [2.24, 2.45) is 11.8 Å². The van der Waals surface area contributed by atoms with Crippen molar-refractivity contribution in [3.63, 3.8) is 0 Å². The van der Waals surface area contributed by atoms with Crippen LogP contribution in [0.5, 0.6) is 0 Å². The average Bonchev–Trinajstić information content (AvgIpc) is 3.30. The highest BCUT2D eigenvalue weighted by Crippen LogP contribution is 2.39. The first-order valence-corrected chi connectivity index (χ1v) is 13.4. The van der Waals surface area contributed by atoms with E-state index in [-0.39, 0.29) is 0 Å². The fourth-order valence-electron chi connectivity index (χ4n) is 6.72. The van der Waals surface area contributed by atoms with Gasteiger partial charge < -0.3 is 15.3 Å². The molecular weight excluding hydrogens is 438 g/mol. The molecule has 2 N–H and O–H groups in total. The second kappa shape index (κ2) is 11.5. The van der Waals surface area contributed by atoms with Gasteiger partial charge in [-0.3, -0.25) is 9.69 Å². The molecule has 7 nitrogen and oxygen atoms in total. The largest absolute Gasteiger partial charge is 0.481 e. The van der Waals surface area contributed by atoms with Crippen LogP contribution in [0.1, 0.15) is 56.4 Å². The van der Waals surface area contributed by atoms with Gasteiger partial charge in [0.15, 0.2) is 0 Å². The van der Waals surface area contributed by atoms with Crippen LogP contribution >= 0.6 is 0 Å². The molecule has 1 saturated carbocycles. The minimum absolute atomic E-state index is 0.290. The molecule has 4 unspecified atom stereocenters. The van der Waals surface area contributed by atoms with Crippen molar-refractivity contribution in [2.45, 2.75) is 62.9 Å². The third-order valence-electron chi connectivity index (χ3n) is 8.45. The Morgan fingerprint density at radius 3 is 2.43 bits per heavy atom. The number of aromatic nitrogens is 2. The number of aliphatic carboxylic acids is 1. The molecule has 7 heteroatoms. The molecule has 188 valence electrons. The molecule has 3 aliphatic rings. The van der Waals surface area contributed by atoms with E-state index < -0.39 is 5.97 Å². The number of rotatable bonds is 8. The summed E-state index contributed by atoms with van der Waals surface area (Å²) in [6.07, 6.45) is 10.7. The second-order valence-corrected chi connectivity index (χ2v) is 10.7. The molecule has 4 atom stereocenters. The van der Waals surface area contributed by atoms with Crippen molar-refractivity contribution >= 4 is 11.9 Å². The van der Waals surface area contributed by atoms with Gasteiger partial charge in [-0.25, -0.2) is 9.97 Å². The van der Waals surface area contributed by atoms with Crippen molar-refractivity contribution in [1.82, 2.24) is 19.8 Å². The Labute approximate surface area is 209 Å². The Bertz CT molecular complexity index is 935. The van der Waals surface area contributed by atoms with E-state index in [4.69, 9.17) is 0 Å². The van der Waals surface area contributed by atoms with Gasteiger partial charge in [-0.15, -0.1) is 0 Å². The predicted molar refractivity (Wildman–Crippen MR) is 137 cm³/mol. The summed E-state index contributed by atoms with van der Waals surface area (Å²) in [5.41, 5.74) is 1.43. The summed E-state index contributed by atoms with van der Waals surface area (Å²) in [5, 5.41) is 13.0. The minimum Gasteiger partial charge on any atom is -0.481 e. The summed E-state index contributed by atoms with van der Waals surface area (Å²) in [6, 6.07) is 13.7. The molecule has 2 aromatic rings. The van der Waals surface area contributed by atoms with Crippen molar-refractivity contribution in [2.75, 3.05) is 38.0 Å². The Balaban J connectivity index is 1.23. The number of nitrogens with zero attached hydrogens (tertiary/aromatic N) is 4. The molecule has 0 amide bonds. The lowest BCUT2D eigenvalue weighted by Crippen LogP contribution is -2.44. The number of nitrogens with one attached hydrogen (secondary N) is 1. The maximum atomic E-state index is 11.5. The van der Waals surface area contributed by atoms with Crippen LogP contribution in [0.15, 0.2) is 48.8 Å². The molecule has 1 aromatic heterocycles. The number of benzene rings is 1. The van der Waals surface area contributed by atoms with Gasteiger partial charge >= 0.3 is 5.97 Å². The van der Waals surface area contributed by atoms with E-state index in [0.29, 0.717) is 36.3 Å². The summed E-state index contributed by atoms with van der Waals surface area (Å²) < 4.78 is 0. The number of hydrogen-bond donors (Lipinski definition) is 2. The minimum atomic E-state index is -0.644. The number of piperidine rings is 1. The van der Waals surface area contributed by atoms with Crippen molar-refractivity contribution in [1.29, 1.82) is 0 Å². The quantitative estimate of drug-likeness (QED) is 0.592. The summed E-state index contributed by atoms with van der Waals surface area (Å²) in [6.45, 7) is 5.43. The highest BCUT2D eigenvalue weighted by atomic mass is 16.4. The standard InChI is InChI=1S/C28H39N5O2/c34-27(35)17-22-9-4-5-10-26(22)33-19-23(25(20-33)21-7-2-1-3-8-21)18-32-15-11-24(12-16-32)31-28-29-13-6-14-30-28/h1-3,6-8,13-14,22-26H,4-5,9-12,15-20H2,(H,34,35)(H,29,30,31). The first-order chi connectivity index (χ1) is 17.2. The van der Waals surface area contributed by atoms with Crippen molar-refractivity contribution in [3.05, 3.63) is 54.4 Å². The number of carboxylic acid groups (broad SMARTS) is 1. The van der Waals surface area contributed by atoms with Gasteiger partial charge in [-0.2, -0.15) is 0 Å². The van der Waals surface area contributed by atoms with Crippen molar-refractivity contribution < 1.29 is 9.90 Å². The topological polar surface area (TPSA) is 81.6 Å². The molecule has 0 spiro atoms. The molecule has 1 aliphatic carbocycles. The number of carboxylic acids is 1. The Morgan fingerprint density at radius 2 is 1.69 bits per heavy atom. The third kappa shape index (κ3) is 6.19. The molecule has 2 aliphatic heterocycles. The number of likely N-dealkylation sites (tertiary alicyclic amines) is 2. The van der Waals surface area contributed by atoms with Gasteiger partial charge in [-0.1, -0.05) is 43.2 Å². The molecule has 35 heavy (non-hydrogen) atoms. The van der Waals surface area contributed by atoms with Gasteiger partial charge in [0.1, 0.15) is 0 Å². The number of carbonyl (C=O) groups is 1. The van der Waals surface area contributed by atoms with E-state index >= 15 is 0 Å². The van der Waals surface area contributed by atoms with Crippen LogP contribution in [0.25, 0.3) is 0 Å². The van der Waals surface area contributed by atoms with Gasteiger partial charge in [0.05, 0.1) is 0 Å². The highest BCUT2D eigenvalue weighted by molar-refractivity contribution is 5.67. The summed E-state index contributed by atoms with van der Waals surface area (Å²) in [5.74, 6) is 1.46. The normalized spacial score (nSPS) is 28.7. The molecule has 0 radical (unpaired) electrons. The Kier molecular flexibility index (Phi) is 7.94. The van der Waals surface area contributed by atoms with E-state index in [0.717, 1.165) is 64.4 Å². The van der Waals surface area contributed by atoms with E-state index in [2.05, 4.69) is 55.4 Å². The van der Waals surface area contributed by atoms with Gasteiger partial charge in [-0.05, 0) is 49.1 Å². The maximum absolute atomic E-state index is 11.5. The summed E-state index contributed by atoms with van der Waals surface area (Å²) >= 11 is 0. The monoisotopic (exact) mass is 477 g/mol. The zero-order valence-corrected chi connectivity index (χ0v) is 20.6. The SMILES string of the molecule is O=C(O)CC1CCCCC1N1CC(CN2CCC(Nc3ncccn3)CC2)C(c2ccccc2)C1. The highest BCUT2D eigenvalue weighted by Gasteiger charge is 2.41. The van der Waals surface area contributed by atoms with Gasteiger partial charge in [0, 0.05) is 69.5 Å². The molecular formula is C28H39N5O2. The predicted octanol–water partition coefficient (Wildman–Crippen LogP) is 4.10. The van der Waals surface area contributed by atoms with Gasteiger partial charge in [0.2, 0.25) is 5.95 Å². The molecule has 1 aromatic carbocycles. The van der Waals surface area contributed by atoms with Crippen LogP contribution in [0.2, 0.25) is 0 Å². The van der Waals surface area contributed by atoms with Crippen LogP contribution in [0.4, 0.5) is 5.95 Å². The zero-order valence-electron chi connectivity index (χ0n) is 20.6. The third-order valence-corrected chi connectivity index (χ3v) is 8.45. The molecule has 0 bridgehead atoms. The molecule has 2 saturated heterocycles. The van der Waals surface area contributed by atoms with E-state index in [1.54, 1.807) is 12.4 Å². The fraction of sp³-hybridized carbons (Fsp3) is 0.607. The van der Waals surface area contributed by atoms with Crippen LogP contribution < -0.4 is 5.32 Å². The average molecular weight is 478 g/mol. The lowest BCUT2D eigenvalue weighted by atomic mass is 9.81. The van der Waals surface area contributed by atoms with E-state index in [1.165, 1.54) is 18.4 Å². The maximum Gasteiger partial charge on any atom is 0.303 e. The smallest absolute Gasteiger partial charge is 0.303 e. The van der Waals surface area contributed by atoms with Crippen LogP contribution in [-0.4, -0.2) is 75.7 Å². The molecule has 3 heterocycles. The Morgan fingerprint density at radius 1 is 0.943 bits per heavy atom. The Hall–Kier alpha value is -2.51. The van der Waals surface area contributed by atoms with Crippen LogP contribution in [0.3, 0.4) is 0 Å². The first-order valence-electron chi connectivity index (χ1n) is 13.4. The van der Waals surface area contributed by atoms with E-state index in [9.17, 15) is 9.90 Å². The molecule has 5 rings (SSSR count). The van der Waals surface area contributed by atoms with Crippen molar-refractivity contribution in [3.8, 4) is 0 Å². The summed E-state index contributed by atoms with van der Waals surface area (Å²) in [4.78, 5) is 25.5.